The molecule has 3 rings (SSSR count). The minimum Gasteiger partial charge on any atom is -0.314 e. The van der Waals surface area contributed by atoms with Crippen LogP contribution in [0, 0.1) is 5.92 Å². The van der Waals surface area contributed by atoms with Crippen molar-refractivity contribution in [3.63, 3.8) is 0 Å². The molecule has 0 aliphatic carbocycles. The van der Waals surface area contributed by atoms with Crippen LogP contribution in [0.2, 0.25) is 0 Å². The first kappa shape index (κ1) is 17.8. The first-order valence-corrected chi connectivity index (χ1v) is 11.7. The van der Waals surface area contributed by atoms with E-state index >= 15 is 0 Å². The highest BCUT2D eigenvalue weighted by Gasteiger charge is 2.49. The molecule has 24 heavy (non-hydrogen) atoms. The summed E-state index contributed by atoms with van der Waals surface area (Å²) in [4.78, 5) is 19.4. The van der Waals surface area contributed by atoms with Gasteiger partial charge in [-0.1, -0.05) is 37.7 Å². The molecular weight excluding hydrogens is 364 g/mol. The first-order valence-electron chi connectivity index (χ1n) is 7.74. The maximum Gasteiger partial charge on any atom is 0.250 e. The average molecular weight is 385 g/mol. The fraction of sp³-hybridized carbons (Fsp3) is 0.500. The van der Waals surface area contributed by atoms with Crippen molar-refractivity contribution in [3.05, 3.63) is 24.3 Å². The Bertz CT molecular complexity index is 790. The number of para-hydroxylation sites is 1. The zero-order valence-corrected chi connectivity index (χ0v) is 16.2. The number of aliphatic imine (C=N–C) groups is 1. The zero-order chi connectivity index (χ0) is 17.5. The standard InChI is InChI=1S/C16H20N2O3S3/c1-10(2)15(19)17-16-18(11-6-4-5-7-13(11)22-3)12-8-24(20,21)9-14(12)23-16/h4-7,10,12,14H,8-9H2,1-3H3. The molecular formula is C16H20N2O3S3. The Hall–Kier alpha value is -0.990. The molecule has 1 aromatic rings. The molecule has 2 fully saturated rings. The van der Waals surface area contributed by atoms with Crippen LogP contribution in [-0.2, 0) is 14.6 Å². The number of anilines is 1. The predicted molar refractivity (Wildman–Crippen MR) is 102 cm³/mol. The number of rotatable bonds is 3. The lowest BCUT2D eigenvalue weighted by Crippen LogP contribution is -2.38. The molecule has 2 aliphatic rings. The summed E-state index contributed by atoms with van der Waals surface area (Å²) in [5.41, 5.74) is 0.928. The van der Waals surface area contributed by atoms with E-state index < -0.39 is 9.84 Å². The Morgan fingerprint density at radius 2 is 2.04 bits per heavy atom. The van der Waals surface area contributed by atoms with Crippen molar-refractivity contribution >= 4 is 50.1 Å². The highest BCUT2D eigenvalue weighted by atomic mass is 32.2. The number of thioether (sulfide) groups is 2. The van der Waals surface area contributed by atoms with Crippen LogP contribution < -0.4 is 4.90 Å². The Morgan fingerprint density at radius 1 is 1.33 bits per heavy atom. The van der Waals surface area contributed by atoms with Gasteiger partial charge in [-0.05, 0) is 18.4 Å². The third-order valence-corrected chi connectivity index (χ3v) is 8.11. The quantitative estimate of drug-likeness (QED) is 0.747. The van der Waals surface area contributed by atoms with Crippen molar-refractivity contribution < 1.29 is 13.2 Å². The van der Waals surface area contributed by atoms with Crippen LogP contribution in [0.25, 0.3) is 0 Å². The number of benzene rings is 1. The summed E-state index contributed by atoms with van der Waals surface area (Å²) in [6.07, 6.45) is 1.99. The Balaban J connectivity index is 2.06. The van der Waals surface area contributed by atoms with Gasteiger partial charge in [-0.3, -0.25) is 4.79 Å². The summed E-state index contributed by atoms with van der Waals surface area (Å²) >= 11 is 3.02. The molecule has 130 valence electrons. The summed E-state index contributed by atoms with van der Waals surface area (Å²) in [5, 5.41) is 0.559. The molecule has 2 heterocycles. The van der Waals surface area contributed by atoms with E-state index in [2.05, 4.69) is 4.99 Å². The van der Waals surface area contributed by atoms with E-state index in [0.29, 0.717) is 5.17 Å². The minimum atomic E-state index is -3.04. The van der Waals surface area contributed by atoms with Gasteiger partial charge < -0.3 is 4.90 Å². The first-order chi connectivity index (χ1) is 11.3. The molecule has 8 heteroatoms. The van der Waals surface area contributed by atoms with Gasteiger partial charge in [0.05, 0.1) is 23.2 Å². The number of carbonyl (C=O) groups excluding carboxylic acids is 1. The highest BCUT2D eigenvalue weighted by molar-refractivity contribution is 8.16. The number of sulfone groups is 1. The van der Waals surface area contributed by atoms with Gasteiger partial charge in [0.15, 0.2) is 15.0 Å². The van der Waals surface area contributed by atoms with Crippen molar-refractivity contribution in [1.29, 1.82) is 0 Å². The fourth-order valence-electron chi connectivity index (χ4n) is 2.90. The van der Waals surface area contributed by atoms with Gasteiger partial charge in [0.25, 0.3) is 5.91 Å². The van der Waals surface area contributed by atoms with Gasteiger partial charge in [0.1, 0.15) is 0 Å². The summed E-state index contributed by atoms with van der Waals surface area (Å²) < 4.78 is 24.1. The number of hydrogen-bond donors (Lipinski definition) is 0. The second-order valence-corrected chi connectivity index (χ2v) is 10.4. The van der Waals surface area contributed by atoms with E-state index in [0.717, 1.165) is 10.6 Å². The van der Waals surface area contributed by atoms with Crippen molar-refractivity contribution in [2.24, 2.45) is 10.9 Å². The molecule has 5 nitrogen and oxygen atoms in total. The van der Waals surface area contributed by atoms with Crippen LogP contribution in [0.1, 0.15) is 13.8 Å². The number of hydrogen-bond acceptors (Lipinski definition) is 5. The molecule has 2 atom stereocenters. The van der Waals surface area contributed by atoms with E-state index in [1.807, 2.05) is 49.3 Å². The molecule has 1 aromatic carbocycles. The highest BCUT2D eigenvalue weighted by Crippen LogP contribution is 2.43. The average Bonchev–Trinajstić information content (AvgIpc) is 2.98. The van der Waals surface area contributed by atoms with Gasteiger partial charge in [-0.2, -0.15) is 4.99 Å². The van der Waals surface area contributed by atoms with Crippen LogP contribution in [0.5, 0.6) is 0 Å². The number of fused-ring (bicyclic) bond motifs is 1. The van der Waals surface area contributed by atoms with Crippen molar-refractivity contribution in [1.82, 2.24) is 0 Å². The SMILES string of the molecule is CSc1ccccc1N1C(=NC(=O)C(C)C)SC2CS(=O)(=O)CC21. The van der Waals surface area contributed by atoms with E-state index in [-0.39, 0.29) is 34.6 Å². The van der Waals surface area contributed by atoms with Gasteiger partial charge in [-0.15, -0.1) is 11.8 Å². The number of carbonyl (C=O) groups is 1. The second-order valence-electron chi connectivity index (χ2n) is 6.23. The van der Waals surface area contributed by atoms with Crippen LogP contribution in [-0.4, -0.2) is 48.5 Å². The fourth-order valence-corrected chi connectivity index (χ4v) is 7.40. The summed E-state index contributed by atoms with van der Waals surface area (Å²) in [6.45, 7) is 3.63. The van der Waals surface area contributed by atoms with E-state index in [9.17, 15) is 13.2 Å². The molecule has 1 amide bonds. The molecule has 0 spiro atoms. The third kappa shape index (κ3) is 3.36. The van der Waals surface area contributed by atoms with Crippen molar-refractivity contribution in [2.75, 3.05) is 22.7 Å². The van der Waals surface area contributed by atoms with Crippen LogP contribution in [0.15, 0.2) is 34.2 Å². The smallest absolute Gasteiger partial charge is 0.250 e. The van der Waals surface area contributed by atoms with Crippen LogP contribution >= 0.6 is 23.5 Å². The number of amidine groups is 1. The number of amides is 1. The molecule has 0 radical (unpaired) electrons. The maximum absolute atomic E-state index is 12.1. The summed E-state index contributed by atoms with van der Waals surface area (Å²) in [7, 11) is -3.04. The van der Waals surface area contributed by atoms with Gasteiger partial charge in [0.2, 0.25) is 0 Å². The van der Waals surface area contributed by atoms with E-state index in [1.54, 1.807) is 11.8 Å². The Kier molecular flexibility index (Phi) is 4.99. The Morgan fingerprint density at radius 3 is 2.71 bits per heavy atom. The number of nitrogens with zero attached hydrogens (tertiary/aromatic N) is 2. The van der Waals surface area contributed by atoms with Gasteiger partial charge in [0, 0.05) is 16.1 Å². The van der Waals surface area contributed by atoms with Gasteiger partial charge in [-0.25, -0.2) is 8.42 Å². The second kappa shape index (κ2) is 6.72. The normalized spacial score (nSPS) is 27.0. The minimum absolute atomic E-state index is 0.0661. The lowest BCUT2D eigenvalue weighted by atomic mass is 10.2. The van der Waals surface area contributed by atoms with Crippen molar-refractivity contribution in [3.8, 4) is 0 Å². The zero-order valence-electron chi connectivity index (χ0n) is 13.8. The van der Waals surface area contributed by atoms with E-state index in [1.165, 1.54) is 11.8 Å². The molecule has 0 saturated carbocycles. The maximum atomic E-state index is 12.1. The van der Waals surface area contributed by atoms with E-state index in [4.69, 9.17) is 0 Å². The van der Waals surface area contributed by atoms with Crippen LogP contribution in [0.4, 0.5) is 5.69 Å². The third-order valence-electron chi connectivity index (χ3n) is 4.11. The topological polar surface area (TPSA) is 66.8 Å². The Labute approximate surface area is 151 Å². The molecule has 2 aliphatic heterocycles. The molecule has 0 N–H and O–H groups in total. The van der Waals surface area contributed by atoms with Gasteiger partial charge >= 0.3 is 0 Å². The van der Waals surface area contributed by atoms with Crippen LogP contribution in [0.3, 0.4) is 0 Å². The summed E-state index contributed by atoms with van der Waals surface area (Å²) in [5.74, 6) is -0.0934. The lowest BCUT2D eigenvalue weighted by Gasteiger charge is -2.26. The lowest BCUT2D eigenvalue weighted by molar-refractivity contribution is -0.120. The largest absolute Gasteiger partial charge is 0.314 e. The van der Waals surface area contributed by atoms with Crippen molar-refractivity contribution in [2.45, 2.75) is 30.0 Å². The predicted octanol–water partition coefficient (Wildman–Crippen LogP) is 2.67. The molecule has 0 bridgehead atoms. The summed E-state index contributed by atoms with van der Waals surface area (Å²) in [6, 6.07) is 7.70. The molecule has 2 saturated heterocycles. The monoisotopic (exact) mass is 384 g/mol. The molecule has 2 unspecified atom stereocenters. The molecule has 0 aromatic heterocycles.